The lowest BCUT2D eigenvalue weighted by Crippen LogP contribution is -2.01. The van der Waals surface area contributed by atoms with Gasteiger partial charge < -0.3 is 19.9 Å². The number of hydrogen-bond acceptors (Lipinski definition) is 4. The number of hydrogen-bond donors (Lipinski definition) is 1. The van der Waals surface area contributed by atoms with E-state index in [0.717, 1.165) is 28.4 Å². The van der Waals surface area contributed by atoms with E-state index in [4.69, 9.17) is 19.9 Å². The van der Waals surface area contributed by atoms with Gasteiger partial charge in [0.1, 0.15) is 23.9 Å². The number of benzene rings is 2. The lowest BCUT2D eigenvalue weighted by atomic mass is 10.2. The molecule has 0 fully saturated rings. The normalized spacial score (nSPS) is 10.2. The number of nitrogens with two attached hydrogens (primary N) is 1. The molecule has 0 heterocycles. The average Bonchev–Trinajstić information content (AvgIpc) is 2.52. The number of rotatable bonds is 6. The van der Waals surface area contributed by atoms with Crippen LogP contribution in [0.3, 0.4) is 0 Å². The average molecular weight is 273 g/mol. The minimum atomic E-state index is 0.432. The molecule has 2 rings (SSSR count). The highest BCUT2D eigenvalue weighted by Gasteiger charge is 2.05. The van der Waals surface area contributed by atoms with E-state index in [0.29, 0.717) is 13.2 Å². The SMILES string of the molecule is COc1cc(CN)cc(OCc2ccccc2OC)c1. The predicted octanol–water partition coefficient (Wildman–Crippen LogP) is 2.74. The minimum Gasteiger partial charge on any atom is -0.497 e. The van der Waals surface area contributed by atoms with Gasteiger partial charge in [-0.25, -0.2) is 0 Å². The smallest absolute Gasteiger partial charge is 0.125 e. The Bertz CT molecular complexity index is 547. The Labute approximate surface area is 119 Å². The van der Waals surface area contributed by atoms with Crippen molar-refractivity contribution in [1.29, 1.82) is 0 Å². The van der Waals surface area contributed by atoms with Crippen LogP contribution in [-0.4, -0.2) is 14.2 Å². The van der Waals surface area contributed by atoms with E-state index < -0.39 is 0 Å². The second kappa shape index (κ2) is 6.82. The summed E-state index contributed by atoms with van der Waals surface area (Å²) < 4.78 is 16.3. The van der Waals surface area contributed by atoms with Crippen LogP contribution in [0, 0.1) is 0 Å². The van der Waals surface area contributed by atoms with Crippen molar-refractivity contribution in [2.75, 3.05) is 14.2 Å². The first-order valence-electron chi connectivity index (χ1n) is 6.39. The van der Waals surface area contributed by atoms with Crippen molar-refractivity contribution in [2.45, 2.75) is 13.2 Å². The lowest BCUT2D eigenvalue weighted by Gasteiger charge is -2.12. The summed E-state index contributed by atoms with van der Waals surface area (Å²) in [4.78, 5) is 0. The molecule has 106 valence electrons. The summed E-state index contributed by atoms with van der Waals surface area (Å²) in [5.74, 6) is 2.29. The molecule has 0 bridgehead atoms. The quantitative estimate of drug-likeness (QED) is 0.879. The fraction of sp³-hybridized carbons (Fsp3) is 0.250. The summed E-state index contributed by atoms with van der Waals surface area (Å²) >= 11 is 0. The zero-order chi connectivity index (χ0) is 14.4. The van der Waals surface area contributed by atoms with Crippen LogP contribution in [0.4, 0.5) is 0 Å². The van der Waals surface area contributed by atoms with Crippen LogP contribution >= 0.6 is 0 Å². The fourth-order valence-corrected chi connectivity index (χ4v) is 1.93. The third-order valence-corrected chi connectivity index (χ3v) is 3.00. The van der Waals surface area contributed by atoms with Gasteiger partial charge in [-0.1, -0.05) is 18.2 Å². The zero-order valence-corrected chi connectivity index (χ0v) is 11.8. The van der Waals surface area contributed by atoms with Gasteiger partial charge in [0.25, 0.3) is 0 Å². The Kier molecular flexibility index (Phi) is 4.85. The highest BCUT2D eigenvalue weighted by molar-refractivity contribution is 5.39. The molecule has 0 aliphatic heterocycles. The summed E-state index contributed by atoms with van der Waals surface area (Å²) in [6.45, 7) is 0.878. The third-order valence-electron chi connectivity index (χ3n) is 3.00. The summed E-state index contributed by atoms with van der Waals surface area (Å²) in [5, 5.41) is 0. The molecular formula is C16H19NO3. The van der Waals surface area contributed by atoms with Crippen LogP contribution in [0.5, 0.6) is 17.2 Å². The maximum absolute atomic E-state index is 5.80. The van der Waals surface area contributed by atoms with Gasteiger partial charge in [-0.2, -0.15) is 0 Å². The third kappa shape index (κ3) is 3.42. The van der Waals surface area contributed by atoms with Crippen molar-refractivity contribution in [2.24, 2.45) is 5.73 Å². The van der Waals surface area contributed by atoms with Gasteiger partial charge >= 0.3 is 0 Å². The standard InChI is InChI=1S/C16H19NO3/c1-18-14-7-12(10-17)8-15(9-14)20-11-13-5-3-4-6-16(13)19-2/h3-9H,10-11,17H2,1-2H3. The summed E-state index contributed by atoms with van der Waals surface area (Å²) in [5.41, 5.74) is 7.63. The van der Waals surface area contributed by atoms with E-state index in [9.17, 15) is 0 Å². The first-order chi connectivity index (χ1) is 9.76. The minimum absolute atomic E-state index is 0.432. The maximum Gasteiger partial charge on any atom is 0.125 e. The Morgan fingerprint density at radius 1 is 0.950 bits per heavy atom. The molecule has 0 saturated heterocycles. The van der Waals surface area contributed by atoms with Crippen molar-refractivity contribution < 1.29 is 14.2 Å². The van der Waals surface area contributed by atoms with E-state index in [2.05, 4.69) is 0 Å². The Balaban J connectivity index is 2.14. The molecule has 0 spiro atoms. The molecule has 0 radical (unpaired) electrons. The number of ether oxygens (including phenoxy) is 3. The second-order valence-electron chi connectivity index (χ2n) is 4.32. The van der Waals surface area contributed by atoms with Crippen LogP contribution in [0.2, 0.25) is 0 Å². The van der Waals surface area contributed by atoms with E-state index in [1.807, 2.05) is 42.5 Å². The molecule has 4 heteroatoms. The van der Waals surface area contributed by atoms with Gasteiger partial charge in [0.2, 0.25) is 0 Å². The van der Waals surface area contributed by atoms with E-state index >= 15 is 0 Å². The zero-order valence-electron chi connectivity index (χ0n) is 11.8. The second-order valence-corrected chi connectivity index (χ2v) is 4.32. The molecule has 2 aromatic carbocycles. The highest BCUT2D eigenvalue weighted by Crippen LogP contribution is 2.25. The topological polar surface area (TPSA) is 53.7 Å². The summed E-state index contributed by atoms with van der Waals surface area (Å²) in [7, 11) is 3.27. The van der Waals surface area contributed by atoms with Gasteiger partial charge in [-0.05, 0) is 23.8 Å². The number of methoxy groups -OCH3 is 2. The number of para-hydroxylation sites is 1. The van der Waals surface area contributed by atoms with Crippen LogP contribution in [-0.2, 0) is 13.2 Å². The van der Waals surface area contributed by atoms with E-state index in [1.165, 1.54) is 0 Å². The van der Waals surface area contributed by atoms with Crippen LogP contribution in [0.15, 0.2) is 42.5 Å². The Hall–Kier alpha value is -2.20. The van der Waals surface area contributed by atoms with Crippen molar-refractivity contribution >= 4 is 0 Å². The van der Waals surface area contributed by atoms with Gasteiger partial charge in [0, 0.05) is 18.2 Å². The molecule has 0 aromatic heterocycles. The van der Waals surface area contributed by atoms with Crippen LogP contribution < -0.4 is 19.9 Å². The Morgan fingerprint density at radius 2 is 1.70 bits per heavy atom. The van der Waals surface area contributed by atoms with Gasteiger partial charge in [-0.15, -0.1) is 0 Å². The van der Waals surface area contributed by atoms with Gasteiger partial charge in [0.15, 0.2) is 0 Å². The summed E-state index contributed by atoms with van der Waals surface area (Å²) in [6, 6.07) is 13.4. The summed E-state index contributed by atoms with van der Waals surface area (Å²) in [6.07, 6.45) is 0. The maximum atomic E-state index is 5.80. The van der Waals surface area contributed by atoms with E-state index in [-0.39, 0.29) is 0 Å². The van der Waals surface area contributed by atoms with Crippen molar-refractivity contribution in [1.82, 2.24) is 0 Å². The molecule has 2 aromatic rings. The fourth-order valence-electron chi connectivity index (χ4n) is 1.93. The molecule has 4 nitrogen and oxygen atoms in total. The predicted molar refractivity (Wildman–Crippen MR) is 78.2 cm³/mol. The lowest BCUT2D eigenvalue weighted by molar-refractivity contribution is 0.294. The first-order valence-corrected chi connectivity index (χ1v) is 6.39. The van der Waals surface area contributed by atoms with Crippen molar-refractivity contribution in [3.05, 3.63) is 53.6 Å². The van der Waals surface area contributed by atoms with Crippen LogP contribution in [0.25, 0.3) is 0 Å². The molecule has 0 atom stereocenters. The molecule has 0 aliphatic carbocycles. The molecule has 0 aliphatic rings. The molecular weight excluding hydrogens is 254 g/mol. The molecule has 2 N–H and O–H groups in total. The van der Waals surface area contributed by atoms with Crippen LogP contribution in [0.1, 0.15) is 11.1 Å². The molecule has 0 amide bonds. The highest BCUT2D eigenvalue weighted by atomic mass is 16.5. The molecule has 0 unspecified atom stereocenters. The largest absolute Gasteiger partial charge is 0.497 e. The van der Waals surface area contributed by atoms with Gasteiger partial charge in [0.05, 0.1) is 14.2 Å². The van der Waals surface area contributed by atoms with Crippen molar-refractivity contribution in [3.63, 3.8) is 0 Å². The van der Waals surface area contributed by atoms with Gasteiger partial charge in [-0.3, -0.25) is 0 Å². The van der Waals surface area contributed by atoms with Crippen molar-refractivity contribution in [3.8, 4) is 17.2 Å². The first kappa shape index (κ1) is 14.2. The monoisotopic (exact) mass is 273 g/mol. The Morgan fingerprint density at radius 3 is 2.40 bits per heavy atom. The molecule has 0 saturated carbocycles. The van der Waals surface area contributed by atoms with E-state index in [1.54, 1.807) is 14.2 Å². The molecule has 20 heavy (non-hydrogen) atoms.